The molecular formula is C27H25ClN4O2. The van der Waals surface area contributed by atoms with Crippen LogP contribution in [-0.2, 0) is 7.05 Å². The van der Waals surface area contributed by atoms with E-state index >= 15 is 0 Å². The van der Waals surface area contributed by atoms with E-state index in [1.807, 2.05) is 69.3 Å². The average Bonchev–Trinajstić information content (AvgIpc) is 3.27. The van der Waals surface area contributed by atoms with Gasteiger partial charge in [-0.1, -0.05) is 42.0 Å². The number of nitrogens with one attached hydrogen (secondary N) is 1. The van der Waals surface area contributed by atoms with Gasteiger partial charge in [0.15, 0.2) is 0 Å². The minimum absolute atomic E-state index is 0.0823. The van der Waals surface area contributed by atoms with Gasteiger partial charge in [0, 0.05) is 28.9 Å². The van der Waals surface area contributed by atoms with Gasteiger partial charge in [0.2, 0.25) is 0 Å². The fourth-order valence-corrected chi connectivity index (χ4v) is 3.93. The summed E-state index contributed by atoms with van der Waals surface area (Å²) in [6.45, 7) is 9.79. The lowest BCUT2D eigenvalue weighted by Gasteiger charge is -2.11. The van der Waals surface area contributed by atoms with E-state index in [-0.39, 0.29) is 5.56 Å². The number of benzene rings is 2. The summed E-state index contributed by atoms with van der Waals surface area (Å²) in [5, 5.41) is 9.56. The first-order valence-corrected chi connectivity index (χ1v) is 11.2. The zero-order chi connectivity index (χ0) is 24.4. The molecule has 0 aliphatic carbocycles. The van der Waals surface area contributed by atoms with Crippen LogP contribution in [0.1, 0.15) is 19.4 Å². The molecule has 1 N–H and O–H groups in total. The largest absolute Gasteiger partial charge is 0.332 e. The van der Waals surface area contributed by atoms with Gasteiger partial charge in [-0.05, 0) is 84.7 Å². The van der Waals surface area contributed by atoms with Gasteiger partial charge in [-0.3, -0.25) is 4.79 Å². The number of allylic oxidation sites excluding steroid dienone is 1. The maximum atomic E-state index is 13.3. The van der Waals surface area contributed by atoms with Gasteiger partial charge in [0.05, 0.1) is 5.35 Å². The van der Waals surface area contributed by atoms with Gasteiger partial charge < -0.3 is 14.4 Å². The molecule has 4 rings (SSSR count). The molecule has 2 heterocycles. The van der Waals surface area contributed by atoms with Crippen molar-refractivity contribution in [1.82, 2.24) is 14.7 Å². The number of aryl methyl sites for hydroxylation is 1. The molecule has 0 saturated heterocycles. The Morgan fingerprint density at radius 3 is 2.68 bits per heavy atom. The molecule has 0 bridgehead atoms. The number of pyridine rings is 1. The molecule has 0 saturated carbocycles. The van der Waals surface area contributed by atoms with Crippen molar-refractivity contribution in [2.24, 2.45) is 7.05 Å². The Morgan fingerprint density at radius 2 is 1.97 bits per heavy atom. The fourth-order valence-electron chi connectivity index (χ4n) is 3.74. The minimum atomic E-state index is -0.0823. The lowest BCUT2D eigenvalue weighted by Crippen LogP contribution is -2.42. The highest BCUT2D eigenvalue weighted by atomic mass is 35.5. The lowest BCUT2D eigenvalue weighted by atomic mass is 10.00. The normalized spacial score (nSPS) is 12.3. The molecule has 0 atom stereocenters. The summed E-state index contributed by atoms with van der Waals surface area (Å²) in [7, 11) is 1.78. The second-order valence-electron chi connectivity index (χ2n) is 8.13. The monoisotopic (exact) mass is 472 g/mol. The van der Waals surface area contributed by atoms with E-state index in [1.54, 1.807) is 23.7 Å². The molecule has 4 aromatic rings. The van der Waals surface area contributed by atoms with Crippen molar-refractivity contribution in [1.29, 1.82) is 0 Å². The van der Waals surface area contributed by atoms with E-state index in [0.717, 1.165) is 38.5 Å². The van der Waals surface area contributed by atoms with Crippen LogP contribution >= 0.6 is 11.6 Å². The topological polar surface area (TPSA) is 73.0 Å². The van der Waals surface area contributed by atoms with Crippen LogP contribution in [0.2, 0.25) is 5.02 Å². The first-order valence-electron chi connectivity index (χ1n) is 10.8. The molecule has 6 nitrogen and oxygen atoms in total. The van der Waals surface area contributed by atoms with Gasteiger partial charge in [-0.15, -0.1) is 0 Å². The molecule has 0 amide bonds. The van der Waals surface area contributed by atoms with E-state index in [0.29, 0.717) is 22.4 Å². The highest BCUT2D eigenvalue weighted by molar-refractivity contribution is 6.30. The van der Waals surface area contributed by atoms with Crippen molar-refractivity contribution in [3.63, 3.8) is 0 Å². The third kappa shape index (κ3) is 4.72. The highest BCUT2D eigenvalue weighted by Crippen LogP contribution is 2.27. The van der Waals surface area contributed by atoms with Crippen LogP contribution in [0.25, 0.3) is 34.7 Å². The molecule has 2 aromatic carbocycles. The Balaban J connectivity index is 1.74. The molecular weight excluding hydrogens is 448 g/mol. The highest BCUT2D eigenvalue weighted by Gasteiger charge is 2.13. The molecule has 0 spiro atoms. The number of nitrogens with zero attached hydrogens (tertiary/aromatic N) is 3. The van der Waals surface area contributed by atoms with Gasteiger partial charge in [-0.25, -0.2) is 0 Å². The molecule has 34 heavy (non-hydrogen) atoms. The SMILES string of the molecule is C=C(C)/C=c1\c(=CC)cc(-c2cc(Nc3noc(-c4cccc(Cl)c4)n3)ccc2C)c(=O)n1C. The van der Waals surface area contributed by atoms with Crippen LogP contribution < -0.4 is 21.4 Å². The predicted octanol–water partition coefficient (Wildman–Crippen LogP) is 4.96. The number of hydrogen-bond acceptors (Lipinski definition) is 5. The van der Waals surface area contributed by atoms with Crippen molar-refractivity contribution >= 4 is 35.4 Å². The third-order valence-corrected chi connectivity index (χ3v) is 5.70. The fraction of sp³-hybridized carbons (Fsp3) is 0.148. The van der Waals surface area contributed by atoms with Crippen molar-refractivity contribution in [2.45, 2.75) is 20.8 Å². The van der Waals surface area contributed by atoms with Crippen LogP contribution in [0.3, 0.4) is 0 Å². The van der Waals surface area contributed by atoms with E-state index in [9.17, 15) is 4.79 Å². The third-order valence-electron chi connectivity index (χ3n) is 5.47. The Hall–Kier alpha value is -3.90. The van der Waals surface area contributed by atoms with Crippen molar-refractivity contribution < 1.29 is 4.52 Å². The zero-order valence-electron chi connectivity index (χ0n) is 19.5. The van der Waals surface area contributed by atoms with Crippen molar-refractivity contribution in [2.75, 3.05) is 5.32 Å². The molecule has 0 aliphatic heterocycles. The summed E-state index contributed by atoms with van der Waals surface area (Å²) < 4.78 is 7.04. The Kier molecular flexibility index (Phi) is 6.52. The summed E-state index contributed by atoms with van der Waals surface area (Å²) in [5.74, 6) is 0.672. The number of hydrogen-bond donors (Lipinski definition) is 1. The van der Waals surface area contributed by atoms with Crippen LogP contribution in [0.15, 0.2) is 70.0 Å². The van der Waals surface area contributed by atoms with E-state index < -0.39 is 0 Å². The standard InChI is InChI=1S/C27H25ClN4O2/c1-6-18-14-23(26(33)32(5)24(18)12-16(2)3)22-15-21(11-10-17(22)4)29-27-30-25(34-31-27)19-8-7-9-20(28)13-19/h6-15H,2H2,1,3-5H3,(H,29,31)/b18-6?,24-12+. The Bertz CT molecular complexity index is 1580. The minimum Gasteiger partial charge on any atom is -0.332 e. The molecule has 172 valence electrons. The van der Waals surface area contributed by atoms with Crippen LogP contribution in [0.5, 0.6) is 0 Å². The lowest BCUT2D eigenvalue weighted by molar-refractivity contribution is 0.433. The van der Waals surface area contributed by atoms with Gasteiger partial charge >= 0.3 is 0 Å². The predicted molar refractivity (Wildman–Crippen MR) is 139 cm³/mol. The molecule has 2 aromatic heterocycles. The maximum absolute atomic E-state index is 13.3. The van der Waals surface area contributed by atoms with Crippen LogP contribution in [0, 0.1) is 6.92 Å². The summed E-state index contributed by atoms with van der Waals surface area (Å²) in [6, 6.07) is 14.9. The maximum Gasteiger partial charge on any atom is 0.268 e. The molecule has 0 fully saturated rings. The summed E-state index contributed by atoms with van der Waals surface area (Å²) in [5.41, 5.74) is 4.69. The zero-order valence-corrected chi connectivity index (χ0v) is 20.3. The second-order valence-corrected chi connectivity index (χ2v) is 8.57. The van der Waals surface area contributed by atoms with Crippen LogP contribution in [0.4, 0.5) is 11.6 Å². The Morgan fingerprint density at radius 1 is 1.18 bits per heavy atom. The quantitative estimate of drug-likeness (QED) is 0.444. The summed E-state index contributed by atoms with van der Waals surface area (Å²) in [6.07, 6.45) is 3.91. The first-order chi connectivity index (χ1) is 16.3. The number of anilines is 2. The van der Waals surface area contributed by atoms with Crippen LogP contribution in [-0.4, -0.2) is 14.7 Å². The van der Waals surface area contributed by atoms with E-state index in [1.165, 1.54) is 0 Å². The second kappa shape index (κ2) is 9.53. The smallest absolute Gasteiger partial charge is 0.268 e. The molecule has 0 radical (unpaired) electrons. The molecule has 0 unspecified atom stereocenters. The Labute approximate surface area is 202 Å². The van der Waals surface area contributed by atoms with E-state index in [2.05, 4.69) is 22.0 Å². The average molecular weight is 473 g/mol. The van der Waals surface area contributed by atoms with Crippen molar-refractivity contribution in [3.8, 4) is 22.6 Å². The van der Waals surface area contributed by atoms with Crippen molar-refractivity contribution in [3.05, 3.63) is 92.2 Å². The van der Waals surface area contributed by atoms with E-state index in [4.69, 9.17) is 16.1 Å². The first kappa shape index (κ1) is 23.3. The van der Waals surface area contributed by atoms with Gasteiger partial charge in [-0.2, -0.15) is 4.98 Å². The van der Waals surface area contributed by atoms with Gasteiger partial charge in [0.25, 0.3) is 17.4 Å². The molecule has 0 aliphatic rings. The number of aromatic nitrogens is 3. The van der Waals surface area contributed by atoms with Gasteiger partial charge in [0.1, 0.15) is 0 Å². The number of halogens is 1. The number of rotatable bonds is 5. The summed E-state index contributed by atoms with van der Waals surface area (Å²) in [4.78, 5) is 17.7. The summed E-state index contributed by atoms with van der Waals surface area (Å²) >= 11 is 6.06. The molecule has 7 heteroatoms.